The van der Waals surface area contributed by atoms with Crippen molar-refractivity contribution in [3.63, 3.8) is 0 Å². The maximum absolute atomic E-state index is 11.1. The summed E-state index contributed by atoms with van der Waals surface area (Å²) >= 11 is 12.1. The summed E-state index contributed by atoms with van der Waals surface area (Å²) in [5, 5.41) is 4.30. The number of rotatable bonds is 4. The predicted octanol–water partition coefficient (Wildman–Crippen LogP) is 4.01. The minimum atomic E-state index is -0.535. The molecule has 0 heterocycles. The second-order valence-corrected chi connectivity index (χ2v) is 5.31. The molecular weight excluding hydrogens is 295 g/mol. The molecule has 104 valence electrons. The van der Waals surface area contributed by atoms with Crippen LogP contribution in [0, 0.1) is 6.92 Å². The number of hydrogen-bond acceptors (Lipinski definition) is 2. The molecule has 2 aromatic carbocycles. The van der Waals surface area contributed by atoms with Crippen LogP contribution in [0.15, 0.2) is 36.4 Å². The summed E-state index contributed by atoms with van der Waals surface area (Å²) in [7, 11) is 0. The molecular formula is C15H14Cl2N2O. The van der Waals surface area contributed by atoms with Gasteiger partial charge in [0, 0.05) is 17.3 Å². The van der Waals surface area contributed by atoms with Crippen LogP contribution in [0.1, 0.15) is 21.5 Å². The average molecular weight is 309 g/mol. The molecule has 20 heavy (non-hydrogen) atoms. The zero-order valence-corrected chi connectivity index (χ0v) is 12.4. The standard InChI is InChI=1S/C15H14Cl2N2O/c1-9-2-3-10(6-13(9)16)8-19-11-4-5-12(15(18)20)14(17)7-11/h2-7,19H,8H2,1H3,(H2,18,20). The fourth-order valence-corrected chi connectivity index (χ4v) is 2.25. The molecule has 0 spiro atoms. The zero-order valence-electron chi connectivity index (χ0n) is 10.9. The Morgan fingerprint density at radius 2 is 1.90 bits per heavy atom. The Bertz CT molecular complexity index is 656. The summed E-state index contributed by atoms with van der Waals surface area (Å²) in [6, 6.07) is 11.0. The Morgan fingerprint density at radius 3 is 2.50 bits per heavy atom. The minimum Gasteiger partial charge on any atom is -0.381 e. The number of carbonyl (C=O) groups is 1. The first-order chi connectivity index (χ1) is 9.47. The van der Waals surface area contributed by atoms with E-state index >= 15 is 0 Å². The van der Waals surface area contributed by atoms with Crippen LogP contribution in [-0.4, -0.2) is 5.91 Å². The fraction of sp³-hybridized carbons (Fsp3) is 0.133. The molecule has 0 aliphatic heterocycles. The summed E-state index contributed by atoms with van der Waals surface area (Å²) in [4.78, 5) is 11.1. The van der Waals surface area contributed by atoms with Gasteiger partial charge in [0.15, 0.2) is 0 Å². The molecule has 2 aromatic rings. The van der Waals surface area contributed by atoms with E-state index in [0.29, 0.717) is 17.1 Å². The van der Waals surface area contributed by atoms with E-state index in [9.17, 15) is 4.79 Å². The van der Waals surface area contributed by atoms with Crippen molar-refractivity contribution in [3.05, 3.63) is 63.1 Å². The number of aryl methyl sites for hydroxylation is 1. The van der Waals surface area contributed by atoms with E-state index in [0.717, 1.165) is 21.8 Å². The van der Waals surface area contributed by atoms with Gasteiger partial charge < -0.3 is 11.1 Å². The van der Waals surface area contributed by atoms with E-state index < -0.39 is 5.91 Å². The molecule has 0 atom stereocenters. The number of hydrogen-bond donors (Lipinski definition) is 2. The largest absolute Gasteiger partial charge is 0.381 e. The fourth-order valence-electron chi connectivity index (χ4n) is 1.78. The third kappa shape index (κ3) is 3.44. The molecule has 5 heteroatoms. The van der Waals surface area contributed by atoms with Crippen LogP contribution in [0.3, 0.4) is 0 Å². The van der Waals surface area contributed by atoms with Crippen LogP contribution in [-0.2, 0) is 6.54 Å². The van der Waals surface area contributed by atoms with Gasteiger partial charge in [0.1, 0.15) is 0 Å². The lowest BCUT2D eigenvalue weighted by molar-refractivity contribution is 0.100. The Kier molecular flexibility index (Phi) is 4.53. The third-order valence-corrected chi connectivity index (χ3v) is 3.69. The maximum atomic E-state index is 11.1. The maximum Gasteiger partial charge on any atom is 0.250 e. The van der Waals surface area contributed by atoms with Gasteiger partial charge in [-0.2, -0.15) is 0 Å². The van der Waals surface area contributed by atoms with Crippen LogP contribution in [0.5, 0.6) is 0 Å². The Hall–Kier alpha value is -1.71. The number of anilines is 1. The lowest BCUT2D eigenvalue weighted by Gasteiger charge is -2.09. The number of primary amides is 1. The molecule has 0 fully saturated rings. The SMILES string of the molecule is Cc1ccc(CNc2ccc(C(N)=O)c(Cl)c2)cc1Cl. The van der Waals surface area contributed by atoms with E-state index in [-0.39, 0.29) is 0 Å². The van der Waals surface area contributed by atoms with Crippen molar-refractivity contribution in [2.24, 2.45) is 5.73 Å². The van der Waals surface area contributed by atoms with Crippen LogP contribution in [0.2, 0.25) is 10.0 Å². The molecule has 0 saturated heterocycles. The highest BCUT2D eigenvalue weighted by Gasteiger charge is 2.07. The smallest absolute Gasteiger partial charge is 0.250 e. The molecule has 0 unspecified atom stereocenters. The molecule has 3 N–H and O–H groups in total. The highest BCUT2D eigenvalue weighted by atomic mass is 35.5. The molecule has 0 aliphatic carbocycles. The van der Waals surface area contributed by atoms with Crippen LogP contribution in [0.25, 0.3) is 0 Å². The number of benzene rings is 2. The number of amides is 1. The van der Waals surface area contributed by atoms with Crippen LogP contribution in [0.4, 0.5) is 5.69 Å². The second kappa shape index (κ2) is 6.16. The first kappa shape index (κ1) is 14.7. The number of halogens is 2. The van der Waals surface area contributed by atoms with Crippen molar-refractivity contribution < 1.29 is 4.79 Å². The van der Waals surface area contributed by atoms with Gasteiger partial charge in [-0.15, -0.1) is 0 Å². The van der Waals surface area contributed by atoms with E-state index in [2.05, 4.69) is 5.32 Å². The Balaban J connectivity index is 2.09. The first-order valence-electron chi connectivity index (χ1n) is 6.05. The number of carbonyl (C=O) groups excluding carboxylic acids is 1. The second-order valence-electron chi connectivity index (χ2n) is 4.50. The molecule has 0 bridgehead atoms. The van der Waals surface area contributed by atoms with Crippen LogP contribution >= 0.6 is 23.2 Å². The van der Waals surface area contributed by atoms with Crippen molar-refractivity contribution in [1.82, 2.24) is 0 Å². The van der Waals surface area contributed by atoms with Gasteiger partial charge in [-0.3, -0.25) is 4.79 Å². The van der Waals surface area contributed by atoms with E-state index in [1.54, 1.807) is 18.2 Å². The minimum absolute atomic E-state index is 0.315. The van der Waals surface area contributed by atoms with Crippen molar-refractivity contribution in [1.29, 1.82) is 0 Å². The zero-order chi connectivity index (χ0) is 14.7. The van der Waals surface area contributed by atoms with Gasteiger partial charge in [-0.1, -0.05) is 35.3 Å². The van der Waals surface area contributed by atoms with Crippen molar-refractivity contribution >= 4 is 34.8 Å². The van der Waals surface area contributed by atoms with Gasteiger partial charge in [-0.05, 0) is 42.3 Å². The lowest BCUT2D eigenvalue weighted by Crippen LogP contribution is -2.11. The van der Waals surface area contributed by atoms with E-state index in [1.165, 1.54) is 0 Å². The van der Waals surface area contributed by atoms with E-state index in [1.807, 2.05) is 25.1 Å². The highest BCUT2D eigenvalue weighted by molar-refractivity contribution is 6.34. The van der Waals surface area contributed by atoms with E-state index in [4.69, 9.17) is 28.9 Å². The summed E-state index contributed by atoms with van der Waals surface area (Å²) in [5.74, 6) is -0.535. The lowest BCUT2D eigenvalue weighted by atomic mass is 10.1. The topological polar surface area (TPSA) is 55.1 Å². The van der Waals surface area contributed by atoms with Crippen molar-refractivity contribution in [2.75, 3.05) is 5.32 Å². The van der Waals surface area contributed by atoms with Gasteiger partial charge in [-0.25, -0.2) is 0 Å². The molecule has 0 saturated carbocycles. The summed E-state index contributed by atoms with van der Waals surface area (Å²) in [5.41, 5.74) is 8.44. The molecule has 3 nitrogen and oxygen atoms in total. The molecule has 0 radical (unpaired) electrons. The summed E-state index contributed by atoms with van der Waals surface area (Å²) in [6.45, 7) is 2.58. The molecule has 2 rings (SSSR count). The Morgan fingerprint density at radius 1 is 1.15 bits per heavy atom. The average Bonchev–Trinajstić information content (AvgIpc) is 2.40. The van der Waals surface area contributed by atoms with Crippen molar-refractivity contribution in [3.8, 4) is 0 Å². The number of nitrogens with two attached hydrogens (primary N) is 1. The van der Waals surface area contributed by atoms with Gasteiger partial charge in [0.2, 0.25) is 5.91 Å². The molecule has 1 amide bonds. The number of nitrogens with one attached hydrogen (secondary N) is 1. The third-order valence-electron chi connectivity index (χ3n) is 2.97. The summed E-state index contributed by atoms with van der Waals surface area (Å²) in [6.07, 6.45) is 0. The molecule has 0 aromatic heterocycles. The quantitative estimate of drug-likeness (QED) is 0.896. The Labute approximate surface area is 127 Å². The van der Waals surface area contributed by atoms with Gasteiger partial charge in [0.05, 0.1) is 10.6 Å². The normalized spacial score (nSPS) is 10.3. The van der Waals surface area contributed by atoms with Crippen LogP contribution < -0.4 is 11.1 Å². The molecule has 0 aliphatic rings. The monoisotopic (exact) mass is 308 g/mol. The predicted molar refractivity (Wildman–Crippen MR) is 83.5 cm³/mol. The first-order valence-corrected chi connectivity index (χ1v) is 6.81. The summed E-state index contributed by atoms with van der Waals surface area (Å²) < 4.78 is 0. The van der Waals surface area contributed by atoms with Gasteiger partial charge in [0.25, 0.3) is 0 Å². The van der Waals surface area contributed by atoms with Crippen molar-refractivity contribution in [2.45, 2.75) is 13.5 Å². The highest BCUT2D eigenvalue weighted by Crippen LogP contribution is 2.22. The van der Waals surface area contributed by atoms with Gasteiger partial charge >= 0.3 is 0 Å².